The molecule has 3 aromatic rings. The third kappa shape index (κ3) is 2.18. The molecule has 0 unspecified atom stereocenters. The SMILES string of the molecule is Cc1ccc(-c2ccc(C3=NC=C4C=NC=C43)c3ccccc23)cc1. The lowest BCUT2D eigenvalue weighted by molar-refractivity contribution is 1.47. The van der Waals surface area contributed by atoms with Gasteiger partial charge in [-0.15, -0.1) is 0 Å². The van der Waals surface area contributed by atoms with E-state index in [0.29, 0.717) is 0 Å². The molecule has 0 atom stereocenters. The molecule has 0 radical (unpaired) electrons. The van der Waals surface area contributed by atoms with Gasteiger partial charge in [-0.3, -0.25) is 9.98 Å². The van der Waals surface area contributed by atoms with E-state index in [1.54, 1.807) is 0 Å². The summed E-state index contributed by atoms with van der Waals surface area (Å²) in [6.45, 7) is 2.12. The van der Waals surface area contributed by atoms with E-state index in [0.717, 1.165) is 22.4 Å². The van der Waals surface area contributed by atoms with Gasteiger partial charge >= 0.3 is 0 Å². The zero-order valence-corrected chi connectivity index (χ0v) is 13.9. The summed E-state index contributed by atoms with van der Waals surface area (Å²) in [6.07, 6.45) is 5.68. The molecular formula is C23H16N2. The van der Waals surface area contributed by atoms with Crippen LogP contribution >= 0.6 is 0 Å². The number of nitrogens with zero attached hydrogens (tertiary/aromatic N) is 2. The van der Waals surface area contributed by atoms with Crippen LogP contribution in [0.2, 0.25) is 0 Å². The second-order valence-corrected chi connectivity index (χ2v) is 6.46. The van der Waals surface area contributed by atoms with Gasteiger partial charge in [0, 0.05) is 35.3 Å². The molecule has 2 aliphatic rings. The summed E-state index contributed by atoms with van der Waals surface area (Å²) in [5, 5.41) is 2.47. The number of rotatable bonds is 2. The second kappa shape index (κ2) is 5.38. The minimum absolute atomic E-state index is 1.01. The van der Waals surface area contributed by atoms with E-state index in [2.05, 4.69) is 77.6 Å². The van der Waals surface area contributed by atoms with Gasteiger partial charge in [-0.1, -0.05) is 66.2 Å². The number of aryl methyl sites for hydroxylation is 1. The molecule has 0 saturated heterocycles. The van der Waals surface area contributed by atoms with Crippen molar-refractivity contribution in [2.24, 2.45) is 9.98 Å². The van der Waals surface area contributed by atoms with Crippen molar-refractivity contribution < 1.29 is 0 Å². The van der Waals surface area contributed by atoms with Crippen LogP contribution in [0.4, 0.5) is 0 Å². The quantitative estimate of drug-likeness (QED) is 0.598. The highest BCUT2D eigenvalue weighted by atomic mass is 14.8. The van der Waals surface area contributed by atoms with Crippen molar-refractivity contribution in [1.82, 2.24) is 0 Å². The fraction of sp³-hybridized carbons (Fsp3) is 0.0435. The van der Waals surface area contributed by atoms with Crippen molar-refractivity contribution in [2.45, 2.75) is 6.92 Å². The number of aliphatic imine (C=N–C) groups is 2. The summed E-state index contributed by atoms with van der Waals surface area (Å²) in [7, 11) is 0. The second-order valence-electron chi connectivity index (χ2n) is 6.46. The minimum Gasteiger partial charge on any atom is -0.263 e. The number of hydrogen-bond acceptors (Lipinski definition) is 2. The van der Waals surface area contributed by atoms with Crippen LogP contribution in [0.15, 0.2) is 94.2 Å². The van der Waals surface area contributed by atoms with Gasteiger partial charge in [0.1, 0.15) is 0 Å². The maximum Gasteiger partial charge on any atom is 0.0803 e. The van der Waals surface area contributed by atoms with Gasteiger partial charge in [-0.2, -0.15) is 0 Å². The normalized spacial score (nSPS) is 15.2. The first-order valence-electron chi connectivity index (χ1n) is 8.42. The summed E-state index contributed by atoms with van der Waals surface area (Å²) < 4.78 is 0. The summed E-state index contributed by atoms with van der Waals surface area (Å²) in [4.78, 5) is 8.91. The average molecular weight is 320 g/mol. The minimum atomic E-state index is 1.01. The van der Waals surface area contributed by atoms with Crippen molar-refractivity contribution in [1.29, 1.82) is 0 Å². The van der Waals surface area contributed by atoms with Gasteiger partial charge in [0.05, 0.1) is 5.71 Å². The van der Waals surface area contributed by atoms with E-state index in [-0.39, 0.29) is 0 Å². The predicted octanol–water partition coefficient (Wildman–Crippen LogP) is 5.47. The smallest absolute Gasteiger partial charge is 0.0803 e. The molecule has 0 spiro atoms. The van der Waals surface area contributed by atoms with E-state index in [4.69, 9.17) is 0 Å². The van der Waals surface area contributed by atoms with Crippen molar-refractivity contribution in [2.75, 3.05) is 0 Å². The van der Waals surface area contributed by atoms with Crippen LogP contribution in [-0.4, -0.2) is 11.9 Å². The summed E-state index contributed by atoms with van der Waals surface area (Å²) in [5.74, 6) is 0. The van der Waals surface area contributed by atoms with Crippen LogP contribution in [0.5, 0.6) is 0 Å². The van der Waals surface area contributed by atoms with Crippen LogP contribution in [0, 0.1) is 6.92 Å². The highest BCUT2D eigenvalue weighted by Gasteiger charge is 2.22. The molecule has 118 valence electrons. The third-order valence-corrected chi connectivity index (χ3v) is 4.86. The Morgan fingerprint density at radius 2 is 1.44 bits per heavy atom. The zero-order valence-electron chi connectivity index (χ0n) is 13.9. The summed E-state index contributed by atoms with van der Waals surface area (Å²) in [6, 6.07) is 21.7. The van der Waals surface area contributed by atoms with Gasteiger partial charge in [-0.05, 0) is 28.8 Å². The largest absolute Gasteiger partial charge is 0.263 e. The molecule has 5 rings (SSSR count). The first-order valence-corrected chi connectivity index (χ1v) is 8.42. The highest BCUT2D eigenvalue weighted by Crippen LogP contribution is 2.34. The molecule has 0 aliphatic carbocycles. The van der Waals surface area contributed by atoms with Gasteiger partial charge < -0.3 is 0 Å². The molecule has 0 fully saturated rings. The Morgan fingerprint density at radius 3 is 2.24 bits per heavy atom. The lowest BCUT2D eigenvalue weighted by Gasteiger charge is -2.13. The van der Waals surface area contributed by atoms with E-state index in [1.807, 2.05) is 18.6 Å². The summed E-state index contributed by atoms with van der Waals surface area (Å²) >= 11 is 0. The molecule has 2 nitrogen and oxygen atoms in total. The van der Waals surface area contributed by atoms with Crippen LogP contribution in [0.3, 0.4) is 0 Å². The Morgan fingerprint density at radius 1 is 0.720 bits per heavy atom. The lowest BCUT2D eigenvalue weighted by Crippen LogP contribution is -2.03. The number of benzene rings is 3. The van der Waals surface area contributed by atoms with E-state index in [9.17, 15) is 0 Å². The Kier molecular flexibility index (Phi) is 3.04. The number of hydrogen-bond donors (Lipinski definition) is 0. The van der Waals surface area contributed by atoms with Crippen LogP contribution in [-0.2, 0) is 0 Å². The average Bonchev–Trinajstić information content (AvgIpc) is 3.26. The Labute approximate surface area is 146 Å². The molecule has 25 heavy (non-hydrogen) atoms. The molecule has 2 aliphatic heterocycles. The maximum absolute atomic E-state index is 4.65. The Bertz CT molecular complexity index is 1130. The van der Waals surface area contributed by atoms with Crippen LogP contribution in [0.1, 0.15) is 11.1 Å². The molecule has 0 saturated carbocycles. The third-order valence-electron chi connectivity index (χ3n) is 4.86. The Hall–Kier alpha value is -3.26. The van der Waals surface area contributed by atoms with Gasteiger partial charge in [-0.25, -0.2) is 0 Å². The molecule has 2 heteroatoms. The molecule has 3 aromatic carbocycles. The summed E-state index contributed by atoms with van der Waals surface area (Å²) in [5.41, 5.74) is 8.16. The monoisotopic (exact) mass is 320 g/mol. The van der Waals surface area contributed by atoms with Gasteiger partial charge in [0.25, 0.3) is 0 Å². The molecule has 2 heterocycles. The molecule has 0 aromatic heterocycles. The van der Waals surface area contributed by atoms with E-state index in [1.165, 1.54) is 27.5 Å². The topological polar surface area (TPSA) is 24.7 Å². The highest BCUT2D eigenvalue weighted by molar-refractivity contribution is 6.27. The maximum atomic E-state index is 4.65. The van der Waals surface area contributed by atoms with Crippen LogP contribution < -0.4 is 0 Å². The molecule has 0 amide bonds. The van der Waals surface area contributed by atoms with Crippen molar-refractivity contribution in [3.8, 4) is 11.1 Å². The Balaban J connectivity index is 1.71. The van der Waals surface area contributed by atoms with Crippen molar-refractivity contribution in [3.05, 3.63) is 95.3 Å². The first-order chi connectivity index (χ1) is 12.3. The fourth-order valence-electron chi connectivity index (χ4n) is 3.55. The number of allylic oxidation sites excluding steroid dienone is 2. The van der Waals surface area contributed by atoms with Crippen LogP contribution in [0.25, 0.3) is 21.9 Å². The molecular weight excluding hydrogens is 304 g/mol. The first kappa shape index (κ1) is 14.1. The fourth-order valence-corrected chi connectivity index (χ4v) is 3.55. The lowest BCUT2D eigenvalue weighted by atomic mass is 9.91. The number of fused-ring (bicyclic) bond motifs is 2. The van der Waals surface area contributed by atoms with E-state index >= 15 is 0 Å². The zero-order chi connectivity index (χ0) is 16.8. The molecule has 0 bridgehead atoms. The van der Waals surface area contributed by atoms with E-state index < -0.39 is 0 Å². The van der Waals surface area contributed by atoms with Crippen molar-refractivity contribution >= 4 is 22.7 Å². The predicted molar refractivity (Wildman–Crippen MR) is 105 cm³/mol. The van der Waals surface area contributed by atoms with Gasteiger partial charge in [0.15, 0.2) is 0 Å². The molecule has 0 N–H and O–H groups in total. The van der Waals surface area contributed by atoms with Crippen molar-refractivity contribution in [3.63, 3.8) is 0 Å². The van der Waals surface area contributed by atoms with Gasteiger partial charge in [0.2, 0.25) is 0 Å². The standard InChI is InChI=1S/C23H16N2/c1-15-6-8-16(9-7-15)18-10-11-21(20-5-3-2-4-19(18)20)23-22-14-24-12-17(22)13-25-23/h2-14H,1H3.